The molecule has 0 heterocycles. The van der Waals surface area contributed by atoms with E-state index in [0.717, 1.165) is 116 Å². The van der Waals surface area contributed by atoms with Crippen LogP contribution in [0.4, 0.5) is 0 Å². The SMILES string of the molecule is CC/C=C\C/C=C\C/C=C\C/C=C\CCCCCCCCCCCCCCCCCCCCCCCCC(=O)OCC(COC(=O)CCCCCCC/C=C\CCCCC)OC(=O)CCCCC/C=C\C/C=C\C/C=C\CC. The Labute approximate surface area is 483 Å². The van der Waals surface area contributed by atoms with Gasteiger partial charge in [-0.3, -0.25) is 14.4 Å². The molecule has 78 heavy (non-hydrogen) atoms. The van der Waals surface area contributed by atoms with Crippen LogP contribution in [0.3, 0.4) is 0 Å². The minimum Gasteiger partial charge on any atom is -0.462 e. The quantitative estimate of drug-likeness (QED) is 0.0261. The standard InChI is InChI=1S/C72H124O6/c1-4-7-10-13-16-19-22-25-26-27-28-29-30-31-32-33-34-35-36-37-38-39-40-41-42-43-44-45-46-48-50-53-56-59-62-65-71(74)77-68-69(67-76-70(73)64-61-58-55-52-49-24-21-18-15-12-9-6-3)78-72(75)66-63-60-57-54-51-47-23-20-17-14-11-8-5-2/h7-8,10-11,16-21,25-26,28-29,47,51,69H,4-6,9,12-15,22-24,27,30-46,48-50,52-68H2,1-3H3/b10-7-,11-8-,19-16-,20-17-,21-18-,26-25-,29-28-,51-47-. The van der Waals surface area contributed by atoms with Crippen LogP contribution >= 0.6 is 0 Å². The number of carbonyl (C=O) groups excluding carboxylic acids is 3. The molecule has 0 aliphatic carbocycles. The number of hydrogen-bond donors (Lipinski definition) is 0. The van der Waals surface area contributed by atoms with E-state index >= 15 is 0 Å². The van der Waals surface area contributed by atoms with Crippen molar-refractivity contribution < 1.29 is 28.6 Å². The van der Waals surface area contributed by atoms with Gasteiger partial charge in [0, 0.05) is 19.3 Å². The highest BCUT2D eigenvalue weighted by molar-refractivity contribution is 5.71. The minimum absolute atomic E-state index is 0.0884. The van der Waals surface area contributed by atoms with Gasteiger partial charge in [0.15, 0.2) is 6.10 Å². The molecule has 0 fully saturated rings. The summed E-state index contributed by atoms with van der Waals surface area (Å²) >= 11 is 0. The van der Waals surface area contributed by atoms with Crippen molar-refractivity contribution in [1.29, 1.82) is 0 Å². The number of hydrogen-bond acceptors (Lipinski definition) is 6. The summed E-state index contributed by atoms with van der Waals surface area (Å²) in [5, 5.41) is 0. The maximum Gasteiger partial charge on any atom is 0.306 e. The number of rotatable bonds is 60. The number of carbonyl (C=O) groups is 3. The van der Waals surface area contributed by atoms with Gasteiger partial charge in [-0.15, -0.1) is 0 Å². The van der Waals surface area contributed by atoms with E-state index < -0.39 is 6.10 Å². The number of allylic oxidation sites excluding steroid dienone is 16. The van der Waals surface area contributed by atoms with Gasteiger partial charge in [-0.05, 0) is 116 Å². The van der Waals surface area contributed by atoms with Crippen LogP contribution < -0.4 is 0 Å². The molecular formula is C72H124O6. The van der Waals surface area contributed by atoms with Crippen LogP contribution in [0, 0.1) is 0 Å². The highest BCUT2D eigenvalue weighted by Gasteiger charge is 2.19. The van der Waals surface area contributed by atoms with Crippen LogP contribution in [0.5, 0.6) is 0 Å². The summed E-state index contributed by atoms with van der Waals surface area (Å²) < 4.78 is 16.9. The van der Waals surface area contributed by atoms with Crippen molar-refractivity contribution >= 4 is 17.9 Å². The van der Waals surface area contributed by atoms with Gasteiger partial charge in [-0.25, -0.2) is 0 Å². The Morgan fingerprint density at radius 3 is 0.808 bits per heavy atom. The Hall–Kier alpha value is -3.67. The van der Waals surface area contributed by atoms with Gasteiger partial charge < -0.3 is 14.2 Å². The first-order valence-electron chi connectivity index (χ1n) is 33.2. The lowest BCUT2D eigenvalue weighted by Gasteiger charge is -2.18. The maximum absolute atomic E-state index is 12.8. The van der Waals surface area contributed by atoms with E-state index in [2.05, 4.69) is 118 Å². The normalized spacial score (nSPS) is 12.7. The van der Waals surface area contributed by atoms with Crippen LogP contribution in [0.25, 0.3) is 0 Å². The van der Waals surface area contributed by atoms with Gasteiger partial charge in [0.25, 0.3) is 0 Å². The predicted molar refractivity (Wildman–Crippen MR) is 339 cm³/mol. The lowest BCUT2D eigenvalue weighted by molar-refractivity contribution is -0.167. The van der Waals surface area contributed by atoms with Crippen molar-refractivity contribution in [2.45, 2.75) is 329 Å². The molecule has 0 aromatic heterocycles. The van der Waals surface area contributed by atoms with Crippen molar-refractivity contribution in [2.75, 3.05) is 13.2 Å². The largest absolute Gasteiger partial charge is 0.462 e. The molecule has 0 radical (unpaired) electrons. The molecule has 6 nitrogen and oxygen atoms in total. The molecule has 0 saturated carbocycles. The third-order valence-electron chi connectivity index (χ3n) is 14.3. The summed E-state index contributed by atoms with van der Waals surface area (Å²) in [5.41, 5.74) is 0. The van der Waals surface area contributed by atoms with Crippen molar-refractivity contribution in [3.8, 4) is 0 Å². The summed E-state index contributed by atoms with van der Waals surface area (Å²) in [7, 11) is 0. The zero-order valence-corrected chi connectivity index (χ0v) is 51.4. The second-order valence-corrected chi connectivity index (χ2v) is 22.0. The molecule has 0 aromatic rings. The molecule has 1 unspecified atom stereocenters. The first kappa shape index (κ1) is 74.3. The molecule has 0 aliphatic rings. The first-order valence-corrected chi connectivity index (χ1v) is 33.2. The van der Waals surface area contributed by atoms with Crippen molar-refractivity contribution in [1.82, 2.24) is 0 Å². The highest BCUT2D eigenvalue weighted by atomic mass is 16.6. The average molecular weight is 1090 g/mol. The zero-order valence-electron chi connectivity index (χ0n) is 51.4. The summed E-state index contributed by atoms with van der Waals surface area (Å²) in [6, 6.07) is 0. The monoisotopic (exact) mass is 1080 g/mol. The van der Waals surface area contributed by atoms with E-state index in [0.29, 0.717) is 19.3 Å². The molecule has 0 bridgehead atoms. The fourth-order valence-electron chi connectivity index (χ4n) is 9.39. The van der Waals surface area contributed by atoms with Gasteiger partial charge in [-0.1, -0.05) is 285 Å². The second-order valence-electron chi connectivity index (χ2n) is 22.0. The van der Waals surface area contributed by atoms with Crippen LogP contribution in [0.1, 0.15) is 323 Å². The Bertz CT molecular complexity index is 1530. The third-order valence-corrected chi connectivity index (χ3v) is 14.3. The lowest BCUT2D eigenvalue weighted by Crippen LogP contribution is -2.30. The highest BCUT2D eigenvalue weighted by Crippen LogP contribution is 2.17. The van der Waals surface area contributed by atoms with E-state index in [4.69, 9.17) is 14.2 Å². The molecule has 6 heteroatoms. The minimum atomic E-state index is -0.794. The molecule has 0 rings (SSSR count). The molecule has 0 aliphatic heterocycles. The second kappa shape index (κ2) is 65.8. The van der Waals surface area contributed by atoms with Crippen LogP contribution in [0.15, 0.2) is 97.2 Å². The third kappa shape index (κ3) is 63.2. The van der Waals surface area contributed by atoms with Gasteiger partial charge >= 0.3 is 17.9 Å². The maximum atomic E-state index is 12.8. The summed E-state index contributed by atoms with van der Waals surface area (Å²) in [6.07, 6.45) is 88.8. The fourth-order valence-corrected chi connectivity index (χ4v) is 9.39. The Morgan fingerprint density at radius 2 is 0.500 bits per heavy atom. The Morgan fingerprint density at radius 1 is 0.269 bits per heavy atom. The smallest absolute Gasteiger partial charge is 0.306 e. The van der Waals surface area contributed by atoms with E-state index in [1.165, 1.54) is 167 Å². The zero-order chi connectivity index (χ0) is 56.4. The molecular weight excluding hydrogens is 961 g/mol. The topological polar surface area (TPSA) is 78.9 Å². The average Bonchev–Trinajstić information content (AvgIpc) is 3.44. The van der Waals surface area contributed by atoms with Crippen molar-refractivity contribution in [2.24, 2.45) is 0 Å². The van der Waals surface area contributed by atoms with Gasteiger partial charge in [0.2, 0.25) is 0 Å². The van der Waals surface area contributed by atoms with E-state index in [9.17, 15) is 14.4 Å². The van der Waals surface area contributed by atoms with Gasteiger partial charge in [-0.2, -0.15) is 0 Å². The summed E-state index contributed by atoms with van der Waals surface area (Å²) in [5.74, 6) is -0.917. The van der Waals surface area contributed by atoms with Gasteiger partial charge in [0.05, 0.1) is 0 Å². The van der Waals surface area contributed by atoms with E-state index in [1.807, 2.05) is 0 Å². The molecule has 1 atom stereocenters. The molecule has 448 valence electrons. The fraction of sp³-hybridized carbons (Fsp3) is 0.736. The number of ether oxygens (including phenoxy) is 3. The van der Waals surface area contributed by atoms with Gasteiger partial charge in [0.1, 0.15) is 13.2 Å². The van der Waals surface area contributed by atoms with Crippen LogP contribution in [0.2, 0.25) is 0 Å². The molecule has 0 amide bonds. The first-order chi connectivity index (χ1) is 38.5. The number of esters is 3. The summed E-state index contributed by atoms with van der Waals surface area (Å²) in [6.45, 7) is 6.38. The van der Waals surface area contributed by atoms with Crippen molar-refractivity contribution in [3.63, 3.8) is 0 Å². The molecule has 0 aromatic carbocycles. The Balaban J connectivity index is 4.05. The van der Waals surface area contributed by atoms with E-state index in [-0.39, 0.29) is 31.1 Å². The van der Waals surface area contributed by atoms with Crippen molar-refractivity contribution in [3.05, 3.63) is 97.2 Å². The lowest BCUT2D eigenvalue weighted by atomic mass is 10.0. The molecule has 0 saturated heterocycles. The van der Waals surface area contributed by atoms with Crippen LogP contribution in [-0.2, 0) is 28.6 Å². The number of unbranched alkanes of at least 4 members (excludes halogenated alkanes) is 33. The molecule has 0 spiro atoms. The van der Waals surface area contributed by atoms with E-state index in [1.54, 1.807) is 0 Å². The van der Waals surface area contributed by atoms with Crippen LogP contribution in [-0.4, -0.2) is 37.2 Å². The molecule has 0 N–H and O–H groups in total. The predicted octanol–water partition coefficient (Wildman–Crippen LogP) is 22.8. The Kier molecular flexibility index (Phi) is 62.7. The summed E-state index contributed by atoms with van der Waals surface area (Å²) in [4.78, 5) is 38.2.